The predicted octanol–water partition coefficient (Wildman–Crippen LogP) is 4.51. The fourth-order valence-electron chi connectivity index (χ4n) is 3.45. The molecule has 1 aromatic heterocycles. The van der Waals surface area contributed by atoms with Crippen molar-refractivity contribution in [2.24, 2.45) is 0 Å². The number of fused-ring (bicyclic) bond motifs is 1. The number of hydrogen-bond acceptors (Lipinski definition) is 3. The van der Waals surface area contributed by atoms with Gasteiger partial charge in [-0.25, -0.2) is 4.98 Å². The highest BCUT2D eigenvalue weighted by atomic mass is 16.1. The molecular formula is C24H21N3O2. The van der Waals surface area contributed by atoms with Crippen molar-refractivity contribution >= 4 is 22.5 Å². The first-order chi connectivity index (χ1) is 14.1. The zero-order chi connectivity index (χ0) is 20.4. The Morgan fingerprint density at radius 2 is 1.66 bits per heavy atom. The average Bonchev–Trinajstić information content (AvgIpc) is 2.74. The van der Waals surface area contributed by atoms with Crippen molar-refractivity contribution < 1.29 is 4.79 Å². The van der Waals surface area contributed by atoms with Gasteiger partial charge in [-0.2, -0.15) is 0 Å². The Morgan fingerprint density at radius 1 is 0.966 bits per heavy atom. The molecule has 144 valence electrons. The quantitative estimate of drug-likeness (QED) is 0.564. The second-order valence-corrected chi connectivity index (χ2v) is 6.83. The van der Waals surface area contributed by atoms with Gasteiger partial charge >= 0.3 is 0 Å². The van der Waals surface area contributed by atoms with Gasteiger partial charge in [-0.1, -0.05) is 37.3 Å². The smallest absolute Gasteiger partial charge is 0.265 e. The molecule has 29 heavy (non-hydrogen) atoms. The van der Waals surface area contributed by atoms with Crippen LogP contribution >= 0.6 is 0 Å². The number of anilines is 1. The van der Waals surface area contributed by atoms with Gasteiger partial charge in [0.05, 0.1) is 16.6 Å². The van der Waals surface area contributed by atoms with Gasteiger partial charge in [-0.05, 0) is 61.4 Å². The molecule has 0 aliphatic heterocycles. The standard InChI is InChI=1S/C24H21N3O2/c1-3-17-8-4-6-10-21(17)26-23(28)18-12-14-19(15-13-18)27-16(2)25-22-11-7-5-9-20(22)24(27)29/h4-15H,3H2,1-2H3,(H,26,28). The van der Waals surface area contributed by atoms with Crippen molar-refractivity contribution in [2.45, 2.75) is 20.3 Å². The summed E-state index contributed by atoms with van der Waals surface area (Å²) in [5.41, 5.74) is 3.66. The number of amides is 1. The Balaban J connectivity index is 1.66. The zero-order valence-corrected chi connectivity index (χ0v) is 16.3. The highest BCUT2D eigenvalue weighted by Gasteiger charge is 2.12. The van der Waals surface area contributed by atoms with Crippen LogP contribution in [0.5, 0.6) is 0 Å². The monoisotopic (exact) mass is 383 g/mol. The van der Waals surface area contributed by atoms with Crippen LogP contribution in [-0.4, -0.2) is 15.5 Å². The molecule has 4 aromatic rings. The van der Waals surface area contributed by atoms with E-state index in [9.17, 15) is 9.59 Å². The number of nitrogens with zero attached hydrogens (tertiary/aromatic N) is 2. The van der Waals surface area contributed by atoms with E-state index in [0.717, 1.165) is 17.7 Å². The van der Waals surface area contributed by atoms with Crippen molar-refractivity contribution in [2.75, 3.05) is 5.32 Å². The van der Waals surface area contributed by atoms with Gasteiger partial charge in [0.1, 0.15) is 5.82 Å². The summed E-state index contributed by atoms with van der Waals surface area (Å²) in [5, 5.41) is 3.53. The molecule has 0 saturated heterocycles. The van der Waals surface area contributed by atoms with Gasteiger partial charge < -0.3 is 5.32 Å². The van der Waals surface area contributed by atoms with Crippen molar-refractivity contribution in [3.8, 4) is 5.69 Å². The molecule has 0 saturated carbocycles. The maximum Gasteiger partial charge on any atom is 0.265 e. The number of carbonyl (C=O) groups excluding carboxylic acids is 1. The van der Waals surface area contributed by atoms with Crippen LogP contribution in [0.2, 0.25) is 0 Å². The molecule has 0 fully saturated rings. The number of aromatic nitrogens is 2. The van der Waals surface area contributed by atoms with E-state index in [0.29, 0.717) is 28.0 Å². The van der Waals surface area contributed by atoms with Crippen LogP contribution in [0.4, 0.5) is 5.69 Å². The third kappa shape index (κ3) is 3.55. The molecule has 0 aliphatic carbocycles. The van der Waals surface area contributed by atoms with Crippen molar-refractivity contribution in [3.05, 3.63) is 100 Å². The molecule has 0 bridgehead atoms. The number of para-hydroxylation sites is 2. The average molecular weight is 383 g/mol. The molecule has 1 N–H and O–H groups in total. The molecule has 1 amide bonds. The summed E-state index contributed by atoms with van der Waals surface area (Å²) in [4.78, 5) is 30.1. The molecule has 0 spiro atoms. The Bertz CT molecular complexity index is 1260. The molecular weight excluding hydrogens is 362 g/mol. The molecule has 0 radical (unpaired) electrons. The highest BCUT2D eigenvalue weighted by molar-refractivity contribution is 6.04. The topological polar surface area (TPSA) is 64.0 Å². The minimum Gasteiger partial charge on any atom is -0.322 e. The number of rotatable bonds is 4. The lowest BCUT2D eigenvalue weighted by molar-refractivity contribution is 0.102. The van der Waals surface area contributed by atoms with E-state index in [1.165, 1.54) is 0 Å². The van der Waals surface area contributed by atoms with Crippen LogP contribution in [0.3, 0.4) is 0 Å². The summed E-state index contributed by atoms with van der Waals surface area (Å²) in [6.45, 7) is 3.85. The molecule has 5 heteroatoms. The first-order valence-corrected chi connectivity index (χ1v) is 9.56. The minimum absolute atomic E-state index is 0.123. The molecule has 4 rings (SSSR count). The van der Waals surface area contributed by atoms with Gasteiger partial charge in [-0.3, -0.25) is 14.2 Å². The van der Waals surface area contributed by atoms with Crippen LogP contribution in [0.15, 0.2) is 77.6 Å². The first-order valence-electron chi connectivity index (χ1n) is 9.56. The van der Waals surface area contributed by atoms with E-state index >= 15 is 0 Å². The summed E-state index contributed by atoms with van der Waals surface area (Å²) < 4.78 is 1.57. The van der Waals surface area contributed by atoms with Crippen LogP contribution < -0.4 is 10.9 Å². The van der Waals surface area contributed by atoms with Gasteiger partial charge in [-0.15, -0.1) is 0 Å². The molecule has 3 aromatic carbocycles. The van der Waals surface area contributed by atoms with Crippen LogP contribution in [0.1, 0.15) is 28.7 Å². The van der Waals surface area contributed by atoms with Crippen molar-refractivity contribution in [1.29, 1.82) is 0 Å². The van der Waals surface area contributed by atoms with Crippen LogP contribution in [0.25, 0.3) is 16.6 Å². The van der Waals surface area contributed by atoms with Crippen molar-refractivity contribution in [3.63, 3.8) is 0 Å². The van der Waals surface area contributed by atoms with E-state index in [-0.39, 0.29) is 11.5 Å². The maximum absolute atomic E-state index is 12.9. The molecule has 0 unspecified atom stereocenters. The number of carbonyl (C=O) groups is 1. The second kappa shape index (κ2) is 7.72. The number of hydrogen-bond donors (Lipinski definition) is 1. The predicted molar refractivity (Wildman–Crippen MR) is 116 cm³/mol. The zero-order valence-electron chi connectivity index (χ0n) is 16.3. The van der Waals surface area contributed by atoms with E-state index in [2.05, 4.69) is 17.2 Å². The first kappa shape index (κ1) is 18.6. The summed E-state index contributed by atoms with van der Waals surface area (Å²) in [7, 11) is 0. The summed E-state index contributed by atoms with van der Waals surface area (Å²) in [5.74, 6) is 0.418. The van der Waals surface area contributed by atoms with Crippen LogP contribution in [0, 0.1) is 6.92 Å². The number of aryl methyl sites for hydroxylation is 2. The summed E-state index contributed by atoms with van der Waals surface area (Å²) >= 11 is 0. The maximum atomic E-state index is 12.9. The molecule has 1 heterocycles. The van der Waals surface area contributed by atoms with E-state index < -0.39 is 0 Å². The number of nitrogens with one attached hydrogen (secondary N) is 1. The fourth-order valence-corrected chi connectivity index (χ4v) is 3.45. The Labute approximate surface area is 168 Å². The van der Waals surface area contributed by atoms with Gasteiger partial charge in [0.15, 0.2) is 0 Å². The Hall–Kier alpha value is -3.73. The lowest BCUT2D eigenvalue weighted by Crippen LogP contribution is -2.22. The van der Waals surface area contributed by atoms with E-state index in [4.69, 9.17) is 0 Å². The lowest BCUT2D eigenvalue weighted by Gasteiger charge is -2.12. The van der Waals surface area contributed by atoms with Gasteiger partial charge in [0.2, 0.25) is 0 Å². The second-order valence-electron chi connectivity index (χ2n) is 6.83. The normalized spacial score (nSPS) is 10.8. The van der Waals surface area contributed by atoms with E-state index in [1.807, 2.05) is 42.5 Å². The van der Waals surface area contributed by atoms with Gasteiger partial charge in [0.25, 0.3) is 11.5 Å². The van der Waals surface area contributed by atoms with Crippen molar-refractivity contribution in [1.82, 2.24) is 9.55 Å². The summed E-state index contributed by atoms with van der Waals surface area (Å²) in [6, 6.07) is 22.0. The minimum atomic E-state index is -0.182. The summed E-state index contributed by atoms with van der Waals surface area (Å²) in [6.07, 6.45) is 0.840. The Kier molecular flexibility index (Phi) is 4.96. The molecule has 0 aliphatic rings. The molecule has 5 nitrogen and oxygen atoms in total. The fraction of sp³-hybridized carbons (Fsp3) is 0.125. The highest BCUT2D eigenvalue weighted by Crippen LogP contribution is 2.18. The number of benzene rings is 3. The Morgan fingerprint density at radius 3 is 2.41 bits per heavy atom. The third-order valence-corrected chi connectivity index (χ3v) is 4.98. The molecule has 0 atom stereocenters. The van der Waals surface area contributed by atoms with E-state index in [1.54, 1.807) is 41.8 Å². The van der Waals surface area contributed by atoms with Crippen LogP contribution in [-0.2, 0) is 6.42 Å². The SMILES string of the molecule is CCc1ccccc1NC(=O)c1ccc(-n2c(C)nc3ccccc3c2=O)cc1. The lowest BCUT2D eigenvalue weighted by atomic mass is 10.1. The third-order valence-electron chi connectivity index (χ3n) is 4.98. The largest absolute Gasteiger partial charge is 0.322 e. The van der Waals surface area contributed by atoms with Gasteiger partial charge in [0, 0.05) is 11.3 Å².